The van der Waals surface area contributed by atoms with Gasteiger partial charge >= 0.3 is 11.9 Å². The van der Waals surface area contributed by atoms with Gasteiger partial charge < -0.3 is 64.2 Å². The van der Waals surface area contributed by atoms with E-state index >= 15 is 0 Å². The van der Waals surface area contributed by atoms with Gasteiger partial charge in [0, 0.05) is 12.8 Å². The molecule has 0 spiro atoms. The molecular weight excluding hydrogens is 961 g/mol. The Morgan fingerprint density at radius 1 is 0.373 bits per heavy atom. The number of esters is 2. The van der Waals surface area contributed by atoms with Crippen LogP contribution < -0.4 is 0 Å². The van der Waals surface area contributed by atoms with Crippen molar-refractivity contribution in [2.75, 3.05) is 26.4 Å². The Bertz CT molecular complexity index is 1310. The Hall–Kier alpha value is -1.50. The second-order valence-corrected chi connectivity index (χ2v) is 22.3. The van der Waals surface area contributed by atoms with Crippen LogP contribution in [0, 0.1) is 0 Å². The lowest BCUT2D eigenvalue weighted by Gasteiger charge is -2.42. The van der Waals surface area contributed by atoms with Crippen molar-refractivity contribution in [2.24, 2.45) is 0 Å². The van der Waals surface area contributed by atoms with Gasteiger partial charge in [0.05, 0.1) is 19.8 Å². The van der Waals surface area contributed by atoms with E-state index < -0.39 is 92.7 Å². The van der Waals surface area contributed by atoms with Crippen molar-refractivity contribution in [2.45, 2.75) is 345 Å². The lowest BCUT2D eigenvalue weighted by molar-refractivity contribution is -0.332. The molecule has 75 heavy (non-hydrogen) atoms. The number of aliphatic hydroxyl groups is 7. The van der Waals surface area contributed by atoms with Crippen LogP contribution in [0.15, 0.2) is 0 Å². The quantitative estimate of drug-likeness (QED) is 0.0222. The number of hydrogen-bond acceptors (Lipinski definition) is 15. The molecule has 444 valence electrons. The van der Waals surface area contributed by atoms with Crippen molar-refractivity contribution >= 4 is 11.9 Å². The highest BCUT2D eigenvalue weighted by atomic mass is 16.7. The normalized spacial score (nSPS) is 24.4. The van der Waals surface area contributed by atoms with Gasteiger partial charge in [0.25, 0.3) is 0 Å². The van der Waals surface area contributed by atoms with E-state index in [1.807, 2.05) is 0 Å². The van der Waals surface area contributed by atoms with E-state index in [1.165, 1.54) is 199 Å². The van der Waals surface area contributed by atoms with Crippen molar-refractivity contribution in [1.29, 1.82) is 0 Å². The van der Waals surface area contributed by atoms with Gasteiger partial charge in [-0.05, 0) is 12.8 Å². The highest BCUT2D eigenvalue weighted by molar-refractivity contribution is 5.70. The Balaban J connectivity index is 1.70. The maximum atomic E-state index is 13.1. The highest BCUT2D eigenvalue weighted by Crippen LogP contribution is 2.27. The van der Waals surface area contributed by atoms with Crippen LogP contribution in [0.3, 0.4) is 0 Å². The summed E-state index contributed by atoms with van der Waals surface area (Å²) in [6.07, 6.45) is 32.7. The van der Waals surface area contributed by atoms with Crippen molar-refractivity contribution in [3.8, 4) is 0 Å². The topological polar surface area (TPSA) is 231 Å². The summed E-state index contributed by atoms with van der Waals surface area (Å²) in [5, 5.41) is 72.4. The summed E-state index contributed by atoms with van der Waals surface area (Å²) in [7, 11) is 0. The van der Waals surface area contributed by atoms with E-state index in [-0.39, 0.29) is 26.1 Å². The van der Waals surface area contributed by atoms with E-state index in [4.69, 9.17) is 28.4 Å². The first-order valence-electron chi connectivity index (χ1n) is 31.1. The van der Waals surface area contributed by atoms with Gasteiger partial charge in [-0.15, -0.1) is 0 Å². The predicted octanol–water partition coefficient (Wildman–Crippen LogP) is 11.1. The fourth-order valence-corrected chi connectivity index (χ4v) is 10.3. The molecule has 0 aromatic carbocycles. The maximum Gasteiger partial charge on any atom is 0.306 e. The SMILES string of the molecule is CCCCCCCCCCCCCCCCCCCCCCCCCC(=O)O[C@H](COC(=O)CCCCCCCCCCCCCCCCCC)CO[C@H]1O[C@@H](CO[C@H]2O[C@@H](CO)[C@@H](O)C(O)C2O)[C@@H](O)C(O)C1O. The zero-order chi connectivity index (χ0) is 54.6. The molecule has 0 aromatic heterocycles. The molecule has 4 unspecified atom stereocenters. The maximum absolute atomic E-state index is 13.1. The van der Waals surface area contributed by atoms with Crippen LogP contribution in [0.4, 0.5) is 0 Å². The van der Waals surface area contributed by atoms with Crippen LogP contribution in [0.2, 0.25) is 0 Å². The molecule has 11 atom stereocenters. The molecule has 2 aliphatic rings. The van der Waals surface area contributed by atoms with Gasteiger partial charge in [-0.25, -0.2) is 0 Å². The van der Waals surface area contributed by atoms with E-state index in [0.717, 1.165) is 38.5 Å². The summed E-state index contributed by atoms with van der Waals surface area (Å²) in [5.41, 5.74) is 0. The first-order chi connectivity index (χ1) is 36.5. The van der Waals surface area contributed by atoms with Crippen LogP contribution >= 0.6 is 0 Å². The Labute approximate surface area is 455 Å². The van der Waals surface area contributed by atoms with Crippen LogP contribution in [0.5, 0.6) is 0 Å². The average Bonchev–Trinajstić information content (AvgIpc) is 3.40. The summed E-state index contributed by atoms with van der Waals surface area (Å²) in [5.74, 6) is -0.901. The summed E-state index contributed by atoms with van der Waals surface area (Å²) < 4.78 is 33.8. The Morgan fingerprint density at radius 2 is 0.680 bits per heavy atom. The van der Waals surface area contributed by atoms with E-state index in [1.54, 1.807) is 0 Å². The summed E-state index contributed by atoms with van der Waals surface area (Å²) in [4.78, 5) is 25.9. The fraction of sp³-hybridized carbons (Fsp3) is 0.967. The van der Waals surface area contributed by atoms with Gasteiger partial charge in [-0.3, -0.25) is 9.59 Å². The number of carbonyl (C=O) groups excluding carboxylic acids is 2. The van der Waals surface area contributed by atoms with Crippen molar-refractivity contribution in [3.63, 3.8) is 0 Å². The molecule has 2 aliphatic heterocycles. The van der Waals surface area contributed by atoms with Crippen LogP contribution in [0.25, 0.3) is 0 Å². The molecule has 0 bridgehead atoms. The summed E-state index contributed by atoms with van der Waals surface area (Å²) in [6.45, 7) is 2.67. The highest BCUT2D eigenvalue weighted by Gasteiger charge is 2.47. The Kier molecular flexibility index (Phi) is 43.9. The van der Waals surface area contributed by atoms with Crippen LogP contribution in [-0.4, -0.2) is 142 Å². The standard InChI is InChI=1S/C60H114O15/c1-3-5-7-9-11-13-15-17-19-21-22-23-24-25-26-27-29-31-33-35-37-39-41-43-52(63)73-48(45-70-51(62)42-40-38-36-34-32-30-28-20-18-16-14-12-10-8-6-4-2)46-71-59-58(69)56(67)54(65)50(75-59)47-72-60-57(68)55(66)53(64)49(44-61)74-60/h48-50,53-61,64-69H,3-47H2,1-2H3/t48-,49+,50+,53-,54-,55?,56?,57?,58?,59+,60+/m1/s1. The van der Waals surface area contributed by atoms with Crippen LogP contribution in [-0.2, 0) is 38.0 Å². The Morgan fingerprint density at radius 3 is 1.04 bits per heavy atom. The number of hydrogen-bond donors (Lipinski definition) is 7. The first-order valence-corrected chi connectivity index (χ1v) is 31.1. The molecule has 0 radical (unpaired) electrons. The first kappa shape index (κ1) is 69.6. The third kappa shape index (κ3) is 34.3. The number of ether oxygens (including phenoxy) is 6. The molecule has 2 heterocycles. The number of rotatable bonds is 51. The van der Waals surface area contributed by atoms with Gasteiger partial charge in [-0.1, -0.05) is 251 Å². The van der Waals surface area contributed by atoms with Crippen molar-refractivity contribution in [1.82, 2.24) is 0 Å². The molecular formula is C60H114O15. The minimum Gasteiger partial charge on any atom is -0.462 e. The van der Waals surface area contributed by atoms with Crippen molar-refractivity contribution < 1.29 is 73.8 Å². The minimum absolute atomic E-state index is 0.174. The second-order valence-electron chi connectivity index (χ2n) is 22.3. The second kappa shape index (κ2) is 47.3. The van der Waals surface area contributed by atoms with Gasteiger partial charge in [0.2, 0.25) is 0 Å². The molecule has 2 rings (SSSR count). The monoisotopic (exact) mass is 1070 g/mol. The molecule has 15 nitrogen and oxygen atoms in total. The average molecular weight is 1080 g/mol. The smallest absolute Gasteiger partial charge is 0.306 e. The number of carbonyl (C=O) groups is 2. The molecule has 15 heteroatoms. The third-order valence-corrected chi connectivity index (χ3v) is 15.3. The molecule has 7 N–H and O–H groups in total. The molecule has 0 saturated carbocycles. The molecule has 2 fully saturated rings. The van der Waals surface area contributed by atoms with E-state index in [0.29, 0.717) is 12.8 Å². The fourth-order valence-electron chi connectivity index (χ4n) is 10.3. The zero-order valence-corrected chi connectivity index (χ0v) is 47.6. The summed E-state index contributed by atoms with van der Waals surface area (Å²) in [6, 6.07) is 0. The number of aliphatic hydroxyl groups excluding tert-OH is 7. The molecule has 0 aromatic rings. The summed E-state index contributed by atoms with van der Waals surface area (Å²) >= 11 is 0. The zero-order valence-electron chi connectivity index (χ0n) is 47.6. The molecule has 0 aliphatic carbocycles. The minimum atomic E-state index is -1.76. The largest absolute Gasteiger partial charge is 0.462 e. The molecule has 0 amide bonds. The molecule has 2 saturated heterocycles. The predicted molar refractivity (Wildman–Crippen MR) is 294 cm³/mol. The van der Waals surface area contributed by atoms with E-state index in [2.05, 4.69) is 13.8 Å². The lowest BCUT2D eigenvalue weighted by Crippen LogP contribution is -2.61. The van der Waals surface area contributed by atoms with Gasteiger partial charge in [-0.2, -0.15) is 0 Å². The van der Waals surface area contributed by atoms with Crippen LogP contribution in [0.1, 0.15) is 277 Å². The van der Waals surface area contributed by atoms with Crippen molar-refractivity contribution in [3.05, 3.63) is 0 Å². The van der Waals surface area contributed by atoms with Gasteiger partial charge in [0.15, 0.2) is 18.7 Å². The third-order valence-electron chi connectivity index (χ3n) is 15.3. The van der Waals surface area contributed by atoms with Gasteiger partial charge in [0.1, 0.15) is 55.4 Å². The van der Waals surface area contributed by atoms with E-state index in [9.17, 15) is 45.3 Å². The number of unbranched alkanes of at least 4 members (excludes halogenated alkanes) is 37. The lowest BCUT2D eigenvalue weighted by atomic mass is 9.98.